The maximum absolute atomic E-state index is 13.5. The molecule has 0 unspecified atom stereocenters. The van der Waals surface area contributed by atoms with Gasteiger partial charge in [-0.25, -0.2) is 4.39 Å². The molecule has 0 atom stereocenters. The Labute approximate surface area is 220 Å². The van der Waals surface area contributed by atoms with Crippen molar-refractivity contribution in [1.29, 1.82) is 0 Å². The number of halogens is 1. The third-order valence-corrected chi connectivity index (χ3v) is 8.04. The van der Waals surface area contributed by atoms with Gasteiger partial charge in [0.2, 0.25) is 5.91 Å². The van der Waals surface area contributed by atoms with Crippen LogP contribution in [0.5, 0.6) is 11.5 Å². The van der Waals surface area contributed by atoms with E-state index in [9.17, 15) is 17.6 Å². The van der Waals surface area contributed by atoms with Gasteiger partial charge in [0.1, 0.15) is 10.7 Å². The van der Waals surface area contributed by atoms with Gasteiger partial charge in [0, 0.05) is 30.5 Å². The van der Waals surface area contributed by atoms with Crippen LogP contribution in [0.15, 0.2) is 70.1 Å². The lowest BCUT2D eigenvalue weighted by molar-refractivity contribution is -0.131. The lowest BCUT2D eigenvalue weighted by Gasteiger charge is -2.31. The van der Waals surface area contributed by atoms with Gasteiger partial charge < -0.3 is 18.3 Å². The van der Waals surface area contributed by atoms with Crippen LogP contribution in [0.25, 0.3) is 11.0 Å². The number of ether oxygens (including phenoxy) is 1. The summed E-state index contributed by atoms with van der Waals surface area (Å²) in [5.41, 5.74) is 2.83. The van der Waals surface area contributed by atoms with Gasteiger partial charge in [-0.3, -0.25) is 4.79 Å². The molecule has 38 heavy (non-hydrogen) atoms. The van der Waals surface area contributed by atoms with Gasteiger partial charge in [0.15, 0.2) is 17.1 Å². The Morgan fingerprint density at radius 1 is 1.05 bits per heavy atom. The number of fused-ring (bicyclic) bond motifs is 1. The smallest absolute Gasteiger partial charge is 0.339 e. The molecule has 1 fully saturated rings. The van der Waals surface area contributed by atoms with Crippen molar-refractivity contribution in [1.82, 2.24) is 10.1 Å². The highest BCUT2D eigenvalue weighted by Gasteiger charge is 2.28. The third-order valence-electron chi connectivity index (χ3n) is 6.79. The van der Waals surface area contributed by atoms with E-state index in [1.807, 2.05) is 6.92 Å². The monoisotopic (exact) mass is 538 g/mol. The van der Waals surface area contributed by atoms with Gasteiger partial charge in [-0.2, -0.15) is 8.42 Å². The number of likely N-dealkylation sites (tertiary alicyclic amines) is 1. The van der Waals surface area contributed by atoms with Crippen LogP contribution in [0, 0.1) is 12.7 Å². The second-order valence-electron chi connectivity index (χ2n) is 9.38. The summed E-state index contributed by atoms with van der Waals surface area (Å²) in [5.74, 6) is -0.0233. The average molecular weight is 539 g/mol. The van der Waals surface area contributed by atoms with Crippen LogP contribution in [-0.2, 0) is 21.3 Å². The van der Waals surface area contributed by atoms with E-state index < -0.39 is 10.1 Å². The maximum Gasteiger partial charge on any atom is 0.339 e. The van der Waals surface area contributed by atoms with E-state index in [0.29, 0.717) is 24.2 Å². The number of nitrogens with zero attached hydrogens (tertiary/aromatic N) is 2. The number of carbonyl (C=O) groups is 1. The summed E-state index contributed by atoms with van der Waals surface area (Å²) in [7, 11) is -2.63. The molecule has 0 aliphatic carbocycles. The second kappa shape index (κ2) is 10.4. The minimum absolute atomic E-state index is 0.0404. The van der Waals surface area contributed by atoms with Crippen LogP contribution in [0.4, 0.5) is 4.39 Å². The molecule has 8 nitrogen and oxygen atoms in total. The highest BCUT2D eigenvalue weighted by Crippen LogP contribution is 2.34. The number of methoxy groups -OCH3 is 1. The Morgan fingerprint density at radius 3 is 2.50 bits per heavy atom. The standard InChI is InChI=1S/C28H27FN2O6S/c1-18-3-7-22(8-4-18)38(33,34)37-24-10-5-19(15-26(24)35-2)16-27(32)31-13-11-20(12-14-31)28-23-9-6-21(29)17-25(23)36-30-28/h3-10,15,17,20H,11-14,16H2,1-2H3. The van der Waals surface area contributed by atoms with Crippen LogP contribution < -0.4 is 8.92 Å². The van der Waals surface area contributed by atoms with Crippen LogP contribution in [-0.4, -0.2) is 44.6 Å². The number of aryl methyl sites for hydroxylation is 1. The number of carbonyl (C=O) groups excluding carboxylic acids is 1. The number of piperidine rings is 1. The van der Waals surface area contributed by atoms with Crippen LogP contribution in [0.1, 0.15) is 35.6 Å². The molecular weight excluding hydrogens is 511 g/mol. The molecule has 1 amide bonds. The van der Waals surface area contributed by atoms with Crippen molar-refractivity contribution in [3.63, 3.8) is 0 Å². The van der Waals surface area contributed by atoms with Gasteiger partial charge >= 0.3 is 10.1 Å². The van der Waals surface area contributed by atoms with Crippen molar-refractivity contribution < 1.29 is 31.0 Å². The largest absolute Gasteiger partial charge is 0.493 e. The third kappa shape index (κ3) is 5.35. The molecule has 0 bridgehead atoms. The molecule has 2 heterocycles. The van der Waals surface area contributed by atoms with Crippen molar-refractivity contribution >= 4 is 27.0 Å². The Balaban J connectivity index is 1.22. The first kappa shape index (κ1) is 25.7. The topological polar surface area (TPSA) is 98.9 Å². The van der Waals surface area contributed by atoms with Crippen LogP contribution in [0.3, 0.4) is 0 Å². The number of hydrogen-bond acceptors (Lipinski definition) is 7. The number of hydrogen-bond donors (Lipinski definition) is 0. The zero-order chi connectivity index (χ0) is 26.9. The van der Waals surface area contributed by atoms with Gasteiger partial charge in [-0.1, -0.05) is 28.9 Å². The fourth-order valence-corrected chi connectivity index (χ4v) is 5.62. The molecule has 3 aromatic carbocycles. The quantitative estimate of drug-likeness (QED) is 0.305. The fourth-order valence-electron chi connectivity index (χ4n) is 4.68. The number of aromatic nitrogens is 1. The first-order chi connectivity index (χ1) is 18.2. The Hall–Kier alpha value is -3.92. The van der Waals surface area contributed by atoms with Crippen LogP contribution in [0.2, 0.25) is 0 Å². The normalized spacial score (nSPS) is 14.6. The van der Waals surface area contributed by atoms with E-state index in [2.05, 4.69) is 5.16 Å². The van der Waals surface area contributed by atoms with Gasteiger partial charge in [-0.05, 0) is 61.7 Å². The zero-order valence-electron chi connectivity index (χ0n) is 21.0. The maximum atomic E-state index is 13.5. The van der Waals surface area contributed by atoms with Crippen molar-refractivity contribution in [3.8, 4) is 11.5 Å². The summed E-state index contributed by atoms with van der Waals surface area (Å²) in [5, 5.41) is 4.96. The summed E-state index contributed by atoms with van der Waals surface area (Å²) < 4.78 is 54.8. The summed E-state index contributed by atoms with van der Waals surface area (Å²) in [6.45, 7) is 2.99. The van der Waals surface area contributed by atoms with E-state index in [4.69, 9.17) is 13.4 Å². The zero-order valence-corrected chi connectivity index (χ0v) is 21.8. The fraction of sp³-hybridized carbons (Fsp3) is 0.286. The molecular formula is C28H27FN2O6S. The summed E-state index contributed by atoms with van der Waals surface area (Å²) in [4.78, 5) is 14.9. The molecule has 5 rings (SSSR count). The second-order valence-corrected chi connectivity index (χ2v) is 10.9. The van der Waals surface area contributed by atoms with Crippen molar-refractivity contribution in [2.24, 2.45) is 0 Å². The molecule has 0 saturated carbocycles. The highest BCUT2D eigenvalue weighted by atomic mass is 32.2. The minimum Gasteiger partial charge on any atom is -0.493 e. The van der Waals surface area contributed by atoms with E-state index in [-0.39, 0.29) is 40.5 Å². The van der Waals surface area contributed by atoms with E-state index in [1.54, 1.807) is 35.2 Å². The predicted molar refractivity (Wildman–Crippen MR) is 138 cm³/mol. The first-order valence-corrected chi connectivity index (χ1v) is 13.6. The van der Waals surface area contributed by atoms with Crippen molar-refractivity contribution in [3.05, 3.63) is 83.3 Å². The van der Waals surface area contributed by atoms with Crippen LogP contribution >= 0.6 is 0 Å². The van der Waals surface area contributed by atoms with Gasteiger partial charge in [-0.15, -0.1) is 0 Å². The Morgan fingerprint density at radius 2 is 1.79 bits per heavy atom. The minimum atomic E-state index is -4.04. The number of benzene rings is 3. The highest BCUT2D eigenvalue weighted by molar-refractivity contribution is 7.87. The molecule has 1 aliphatic rings. The Kier molecular flexibility index (Phi) is 7.07. The summed E-state index contributed by atoms with van der Waals surface area (Å²) in [6, 6.07) is 15.5. The molecule has 0 radical (unpaired) electrons. The molecule has 0 N–H and O–H groups in total. The molecule has 198 valence electrons. The molecule has 1 saturated heterocycles. The van der Waals surface area contributed by atoms with Crippen molar-refractivity contribution in [2.45, 2.75) is 37.0 Å². The average Bonchev–Trinajstić information content (AvgIpc) is 3.32. The molecule has 1 aromatic heterocycles. The first-order valence-electron chi connectivity index (χ1n) is 12.2. The number of amides is 1. The molecule has 0 spiro atoms. The van der Waals surface area contributed by atoms with E-state index >= 15 is 0 Å². The molecule has 4 aromatic rings. The van der Waals surface area contributed by atoms with E-state index in [0.717, 1.165) is 29.5 Å². The SMILES string of the molecule is COc1cc(CC(=O)N2CCC(c3noc4cc(F)ccc34)CC2)ccc1OS(=O)(=O)c1ccc(C)cc1. The van der Waals surface area contributed by atoms with Crippen molar-refractivity contribution in [2.75, 3.05) is 20.2 Å². The summed E-state index contributed by atoms with van der Waals surface area (Å²) in [6.07, 6.45) is 1.58. The van der Waals surface area contributed by atoms with Gasteiger partial charge in [0.05, 0.1) is 19.2 Å². The lowest BCUT2D eigenvalue weighted by atomic mass is 9.91. The molecule has 1 aliphatic heterocycles. The number of rotatable bonds is 7. The van der Waals surface area contributed by atoms with Gasteiger partial charge in [0.25, 0.3) is 0 Å². The summed E-state index contributed by atoms with van der Waals surface area (Å²) >= 11 is 0. The van der Waals surface area contributed by atoms with E-state index in [1.165, 1.54) is 37.4 Å². The molecule has 10 heteroatoms. The predicted octanol–water partition coefficient (Wildman–Crippen LogP) is 5.00. The lowest BCUT2D eigenvalue weighted by Crippen LogP contribution is -2.38. The Bertz CT molecular complexity index is 1570.